The van der Waals surface area contributed by atoms with Crippen LogP contribution in [0.15, 0.2) is 0 Å². The topological polar surface area (TPSA) is 46.5 Å². The summed E-state index contributed by atoms with van der Waals surface area (Å²) in [7, 11) is 0. The van der Waals surface area contributed by atoms with Crippen LogP contribution < -0.4 is 0 Å². The van der Waals surface area contributed by atoms with E-state index in [1.165, 1.54) is 19.3 Å². The molecule has 1 N–H and O–H groups in total. The molecule has 2 unspecified atom stereocenters. The monoisotopic (exact) mass is 258 g/mol. The van der Waals surface area contributed by atoms with Gasteiger partial charge in [0.1, 0.15) is 0 Å². The Hall–Kier alpha value is -0.570. The highest BCUT2D eigenvalue weighted by atomic mass is 16.5. The third-order valence-corrected chi connectivity index (χ3v) is 3.29. The molecule has 0 aromatic rings. The number of aliphatic hydroxyl groups is 1. The average Bonchev–Trinajstić information content (AvgIpc) is 2.28. The minimum Gasteiger partial charge on any atom is -0.466 e. The molecular formula is C15H30O3. The van der Waals surface area contributed by atoms with Gasteiger partial charge < -0.3 is 9.84 Å². The molecule has 0 saturated carbocycles. The van der Waals surface area contributed by atoms with E-state index in [-0.39, 0.29) is 17.8 Å². The summed E-state index contributed by atoms with van der Waals surface area (Å²) in [5, 5.41) is 10.1. The first kappa shape index (κ1) is 17.4. The molecule has 2 atom stereocenters. The first-order valence-corrected chi connectivity index (χ1v) is 7.39. The molecule has 0 heterocycles. The van der Waals surface area contributed by atoms with Gasteiger partial charge in [-0.1, -0.05) is 52.9 Å². The Morgan fingerprint density at radius 1 is 1.11 bits per heavy atom. The van der Waals surface area contributed by atoms with E-state index >= 15 is 0 Å². The van der Waals surface area contributed by atoms with Crippen LogP contribution in [0.2, 0.25) is 0 Å². The Morgan fingerprint density at radius 3 is 2.22 bits per heavy atom. The average molecular weight is 258 g/mol. The Labute approximate surface area is 112 Å². The van der Waals surface area contributed by atoms with Gasteiger partial charge in [0, 0.05) is 0 Å². The third-order valence-electron chi connectivity index (χ3n) is 3.29. The Bertz CT molecular complexity index is 214. The molecule has 0 saturated heterocycles. The molecule has 0 aliphatic carbocycles. The van der Waals surface area contributed by atoms with Gasteiger partial charge in [0.05, 0.1) is 18.6 Å². The highest BCUT2D eigenvalue weighted by molar-refractivity contribution is 5.73. The molecule has 0 bridgehead atoms. The maximum atomic E-state index is 11.8. The lowest BCUT2D eigenvalue weighted by Gasteiger charge is -2.24. The van der Waals surface area contributed by atoms with Gasteiger partial charge >= 0.3 is 5.97 Å². The molecule has 0 spiro atoms. The predicted octanol–water partition coefficient (Wildman–Crippen LogP) is 3.54. The fourth-order valence-electron chi connectivity index (χ4n) is 2.25. The number of unbranched alkanes of at least 4 members (excludes halogenated alkanes) is 4. The van der Waals surface area contributed by atoms with Crippen LogP contribution in [0, 0.1) is 11.8 Å². The molecule has 0 rings (SSSR count). The summed E-state index contributed by atoms with van der Waals surface area (Å²) >= 11 is 0. The second-order valence-corrected chi connectivity index (χ2v) is 5.29. The third kappa shape index (κ3) is 7.00. The highest BCUT2D eigenvalue weighted by Crippen LogP contribution is 2.21. The SMILES string of the molecule is CCCCCCCC(O)C(C(=O)OCC)C(C)C. The van der Waals surface area contributed by atoms with Crippen molar-refractivity contribution in [2.45, 2.75) is 72.3 Å². The van der Waals surface area contributed by atoms with Gasteiger partial charge in [-0.3, -0.25) is 4.79 Å². The van der Waals surface area contributed by atoms with Crippen molar-refractivity contribution >= 4 is 5.97 Å². The molecular weight excluding hydrogens is 228 g/mol. The molecule has 3 heteroatoms. The van der Waals surface area contributed by atoms with Gasteiger partial charge in [-0.2, -0.15) is 0 Å². The zero-order chi connectivity index (χ0) is 14.0. The number of esters is 1. The van der Waals surface area contributed by atoms with Crippen molar-refractivity contribution in [2.24, 2.45) is 11.8 Å². The molecule has 108 valence electrons. The fourth-order valence-corrected chi connectivity index (χ4v) is 2.25. The lowest BCUT2D eigenvalue weighted by molar-refractivity contribution is -0.154. The summed E-state index contributed by atoms with van der Waals surface area (Å²) in [6.45, 7) is 8.28. The maximum absolute atomic E-state index is 11.8. The lowest BCUT2D eigenvalue weighted by atomic mass is 9.87. The number of aliphatic hydroxyl groups excluding tert-OH is 1. The molecule has 0 aromatic carbocycles. The largest absolute Gasteiger partial charge is 0.466 e. The van der Waals surface area contributed by atoms with Crippen molar-refractivity contribution in [3.63, 3.8) is 0 Å². The smallest absolute Gasteiger partial charge is 0.311 e. The number of rotatable bonds is 10. The van der Waals surface area contributed by atoms with Crippen molar-refractivity contribution < 1.29 is 14.6 Å². The Morgan fingerprint density at radius 2 is 1.72 bits per heavy atom. The molecule has 0 aromatic heterocycles. The minimum absolute atomic E-state index is 0.120. The van der Waals surface area contributed by atoms with Crippen molar-refractivity contribution in [2.75, 3.05) is 6.61 Å². The summed E-state index contributed by atoms with van der Waals surface area (Å²) in [5.41, 5.74) is 0. The second-order valence-electron chi connectivity index (χ2n) is 5.29. The van der Waals surface area contributed by atoms with Crippen molar-refractivity contribution in [3.05, 3.63) is 0 Å². The molecule has 3 nitrogen and oxygen atoms in total. The molecule has 0 aliphatic rings. The van der Waals surface area contributed by atoms with E-state index in [1.807, 2.05) is 13.8 Å². The van der Waals surface area contributed by atoms with Crippen LogP contribution in [0.25, 0.3) is 0 Å². The van der Waals surface area contributed by atoms with Crippen molar-refractivity contribution in [3.8, 4) is 0 Å². The quantitative estimate of drug-likeness (QED) is 0.481. The van der Waals surface area contributed by atoms with Crippen LogP contribution in [0.5, 0.6) is 0 Å². The van der Waals surface area contributed by atoms with E-state index in [0.29, 0.717) is 13.0 Å². The van der Waals surface area contributed by atoms with Gasteiger partial charge in [0.2, 0.25) is 0 Å². The summed E-state index contributed by atoms with van der Waals surface area (Å²) in [6.07, 6.45) is 5.95. The van der Waals surface area contributed by atoms with Gasteiger partial charge in [0.15, 0.2) is 0 Å². The van der Waals surface area contributed by atoms with E-state index in [0.717, 1.165) is 12.8 Å². The molecule has 0 amide bonds. The van der Waals surface area contributed by atoms with Gasteiger partial charge in [-0.05, 0) is 19.3 Å². The van der Waals surface area contributed by atoms with Crippen LogP contribution in [-0.4, -0.2) is 23.8 Å². The van der Waals surface area contributed by atoms with Crippen LogP contribution in [0.1, 0.15) is 66.2 Å². The summed E-state index contributed by atoms with van der Waals surface area (Å²) in [4.78, 5) is 11.8. The standard InChI is InChI=1S/C15H30O3/c1-5-7-8-9-10-11-13(16)14(12(3)4)15(17)18-6-2/h12-14,16H,5-11H2,1-4H3. The molecule has 0 aliphatic heterocycles. The maximum Gasteiger partial charge on any atom is 0.311 e. The van der Waals surface area contributed by atoms with E-state index < -0.39 is 6.10 Å². The second kappa shape index (κ2) is 10.4. The summed E-state index contributed by atoms with van der Waals surface area (Å²) in [6, 6.07) is 0. The molecule has 18 heavy (non-hydrogen) atoms. The van der Waals surface area contributed by atoms with E-state index in [1.54, 1.807) is 6.92 Å². The zero-order valence-corrected chi connectivity index (χ0v) is 12.4. The number of carbonyl (C=O) groups excluding carboxylic acids is 1. The van der Waals surface area contributed by atoms with Crippen molar-refractivity contribution in [1.82, 2.24) is 0 Å². The predicted molar refractivity (Wildman–Crippen MR) is 74.3 cm³/mol. The van der Waals surface area contributed by atoms with Gasteiger partial charge in [0.25, 0.3) is 0 Å². The number of hydrogen-bond acceptors (Lipinski definition) is 3. The normalized spacial score (nSPS) is 14.6. The minimum atomic E-state index is -0.564. The fraction of sp³-hybridized carbons (Fsp3) is 0.933. The van der Waals surface area contributed by atoms with E-state index in [9.17, 15) is 9.90 Å². The first-order valence-electron chi connectivity index (χ1n) is 7.39. The van der Waals surface area contributed by atoms with E-state index in [4.69, 9.17) is 4.74 Å². The summed E-state index contributed by atoms with van der Waals surface area (Å²) < 4.78 is 5.03. The molecule has 0 radical (unpaired) electrons. The number of carbonyl (C=O) groups is 1. The number of ether oxygens (including phenoxy) is 1. The highest BCUT2D eigenvalue weighted by Gasteiger charge is 2.30. The van der Waals surface area contributed by atoms with Crippen LogP contribution in [-0.2, 0) is 9.53 Å². The van der Waals surface area contributed by atoms with Crippen molar-refractivity contribution in [1.29, 1.82) is 0 Å². The Balaban J connectivity index is 4.06. The van der Waals surface area contributed by atoms with Crippen LogP contribution in [0.4, 0.5) is 0 Å². The Kier molecular flexibility index (Phi) is 10.0. The molecule has 0 fully saturated rings. The van der Waals surface area contributed by atoms with Crippen LogP contribution in [0.3, 0.4) is 0 Å². The van der Waals surface area contributed by atoms with Crippen LogP contribution >= 0.6 is 0 Å². The summed E-state index contributed by atoms with van der Waals surface area (Å²) in [5.74, 6) is -0.514. The zero-order valence-electron chi connectivity index (χ0n) is 12.4. The van der Waals surface area contributed by atoms with E-state index in [2.05, 4.69) is 6.92 Å². The van der Waals surface area contributed by atoms with Gasteiger partial charge in [-0.25, -0.2) is 0 Å². The lowest BCUT2D eigenvalue weighted by Crippen LogP contribution is -2.34. The number of hydrogen-bond donors (Lipinski definition) is 1. The van der Waals surface area contributed by atoms with Gasteiger partial charge in [-0.15, -0.1) is 0 Å². The first-order chi connectivity index (χ1) is 8.54.